The maximum Gasteiger partial charge on any atom is 0.271 e. The number of nitrogens with one attached hydrogen (secondary N) is 2. The van der Waals surface area contributed by atoms with Crippen molar-refractivity contribution < 1.29 is 25.3 Å². The Bertz CT molecular complexity index is 1130. The zero-order chi connectivity index (χ0) is 21.7. The van der Waals surface area contributed by atoms with E-state index >= 15 is 0 Å². The van der Waals surface area contributed by atoms with Crippen molar-refractivity contribution in [2.75, 3.05) is 5.75 Å². The van der Waals surface area contributed by atoms with Crippen LogP contribution < -0.4 is 9.66 Å². The zero-order valence-corrected chi connectivity index (χ0v) is 18.4. The second-order valence-electron chi connectivity index (χ2n) is 6.25. The van der Waals surface area contributed by atoms with Gasteiger partial charge in [0, 0.05) is 0 Å². The van der Waals surface area contributed by atoms with Gasteiger partial charge in [0.1, 0.15) is 0 Å². The molecule has 2 aromatic carbocycles. The molecule has 0 aliphatic rings. The summed E-state index contributed by atoms with van der Waals surface area (Å²) in [6, 6.07) is 12.5. The first kappa shape index (κ1) is 23.4. The molecular weight excluding hydrogens is 438 g/mol. The summed E-state index contributed by atoms with van der Waals surface area (Å²) in [5, 5.41) is 0. The molecule has 0 amide bonds. The van der Waals surface area contributed by atoms with Crippen LogP contribution in [-0.4, -0.2) is 35.5 Å². The summed E-state index contributed by atoms with van der Waals surface area (Å²) in [4.78, 5) is 3.15. The van der Waals surface area contributed by atoms with Crippen molar-refractivity contribution in [1.82, 2.24) is 14.2 Å². The lowest BCUT2D eigenvalue weighted by molar-refractivity contribution is 0.343. The highest BCUT2D eigenvalue weighted by Crippen LogP contribution is 2.16. The van der Waals surface area contributed by atoms with E-state index in [2.05, 4.69) is 0 Å². The topological polar surface area (TPSA) is 130 Å². The summed E-state index contributed by atoms with van der Waals surface area (Å²) >= 11 is 0. The van der Waals surface area contributed by atoms with Gasteiger partial charge in [0.25, 0.3) is 20.0 Å². The number of hydrogen-bond donors (Lipinski definition) is 2. The van der Waals surface area contributed by atoms with Gasteiger partial charge in [0.2, 0.25) is 10.0 Å². The Morgan fingerprint density at radius 1 is 0.793 bits per heavy atom. The van der Waals surface area contributed by atoms with Crippen molar-refractivity contribution in [1.29, 1.82) is 0 Å². The van der Waals surface area contributed by atoms with Gasteiger partial charge >= 0.3 is 0 Å². The summed E-state index contributed by atoms with van der Waals surface area (Å²) in [7, 11) is -13.1. The molecule has 0 radical (unpaired) electrons. The van der Waals surface area contributed by atoms with Gasteiger partial charge in [0.15, 0.2) is 0 Å². The first-order valence-corrected chi connectivity index (χ1v) is 13.2. The zero-order valence-electron chi connectivity index (χ0n) is 15.9. The van der Waals surface area contributed by atoms with E-state index in [4.69, 9.17) is 0 Å². The molecule has 2 rings (SSSR count). The Balaban J connectivity index is 2.45. The van der Waals surface area contributed by atoms with Crippen molar-refractivity contribution in [3.63, 3.8) is 0 Å². The monoisotopic (exact) mass is 461 g/mol. The van der Waals surface area contributed by atoms with Crippen molar-refractivity contribution >= 4 is 30.1 Å². The number of aryl methyl sites for hydroxylation is 1. The molecule has 0 aromatic heterocycles. The van der Waals surface area contributed by atoms with E-state index in [1.807, 2.05) is 9.66 Å². The van der Waals surface area contributed by atoms with Crippen LogP contribution >= 0.6 is 0 Å². The summed E-state index contributed by atoms with van der Waals surface area (Å²) in [6.07, 6.45) is 0.834. The maximum atomic E-state index is 12.9. The highest BCUT2D eigenvalue weighted by Gasteiger charge is 2.33. The molecule has 0 saturated carbocycles. The van der Waals surface area contributed by atoms with Gasteiger partial charge in [-0.2, -0.15) is 0 Å². The number of nitrogens with zero attached hydrogens (tertiary/aromatic N) is 1. The van der Waals surface area contributed by atoms with Crippen molar-refractivity contribution in [2.24, 2.45) is 0 Å². The Hall–Kier alpha value is -1.83. The number of benzene rings is 2. The minimum absolute atomic E-state index is 0.0303. The van der Waals surface area contributed by atoms with Crippen molar-refractivity contribution in [2.45, 2.75) is 36.5 Å². The van der Waals surface area contributed by atoms with Gasteiger partial charge in [0.05, 0.1) is 15.5 Å². The van der Waals surface area contributed by atoms with E-state index in [-0.39, 0.29) is 26.5 Å². The lowest BCUT2D eigenvalue weighted by Gasteiger charge is -2.23. The van der Waals surface area contributed by atoms with Gasteiger partial charge in [-0.15, -0.1) is 9.66 Å². The number of hydrogen-bond acceptors (Lipinski definition) is 6. The first-order chi connectivity index (χ1) is 13.5. The van der Waals surface area contributed by atoms with Crippen LogP contribution in [0.15, 0.2) is 64.4 Å². The van der Waals surface area contributed by atoms with Crippen LogP contribution in [0.5, 0.6) is 0 Å². The number of rotatable bonds is 10. The molecule has 2 N–H and O–H groups in total. The SMILES string of the molecule is CCCCS(=O)(=O)NN(NS(=O)(=O)c1ccc(C)cc1)S(=O)(=O)c1ccccc1. The molecular formula is C17H23N3O6S3. The third-order valence-electron chi connectivity index (χ3n) is 3.80. The van der Waals surface area contributed by atoms with E-state index in [1.165, 1.54) is 48.5 Å². The molecule has 0 aliphatic heterocycles. The molecule has 12 heteroatoms. The van der Waals surface area contributed by atoms with E-state index in [0.717, 1.165) is 5.56 Å². The molecule has 0 heterocycles. The van der Waals surface area contributed by atoms with Crippen LogP contribution in [0.1, 0.15) is 25.3 Å². The number of hydrazine groups is 2. The van der Waals surface area contributed by atoms with E-state index in [9.17, 15) is 25.3 Å². The highest BCUT2D eigenvalue weighted by molar-refractivity contribution is 7.93. The minimum atomic E-state index is -4.56. The van der Waals surface area contributed by atoms with Crippen molar-refractivity contribution in [3.05, 3.63) is 60.2 Å². The lowest BCUT2D eigenvalue weighted by atomic mass is 10.2. The fourth-order valence-corrected chi connectivity index (χ4v) is 6.31. The second-order valence-corrected chi connectivity index (χ2v) is 11.5. The van der Waals surface area contributed by atoms with Gasteiger partial charge in [-0.1, -0.05) is 49.2 Å². The van der Waals surface area contributed by atoms with Crippen LogP contribution in [-0.2, 0) is 30.1 Å². The molecule has 0 fully saturated rings. The lowest BCUT2D eigenvalue weighted by Crippen LogP contribution is -2.55. The van der Waals surface area contributed by atoms with E-state index in [0.29, 0.717) is 6.42 Å². The fourth-order valence-electron chi connectivity index (χ4n) is 2.20. The van der Waals surface area contributed by atoms with Crippen LogP contribution in [0.25, 0.3) is 0 Å². The Morgan fingerprint density at radius 3 is 1.93 bits per heavy atom. The predicted octanol–water partition coefficient (Wildman–Crippen LogP) is 1.51. The standard InChI is InChI=1S/C17H23N3O6S3/c1-3-4-14-27(21,22)18-20(29(25,26)17-8-6-5-7-9-17)19-28(23,24)16-12-10-15(2)11-13-16/h5-13,18-19H,3-4,14H2,1-2H3. The Labute approximate surface area is 171 Å². The molecule has 0 spiro atoms. The quantitative estimate of drug-likeness (QED) is 0.516. The summed E-state index contributed by atoms with van der Waals surface area (Å²) in [5.74, 6) is -0.365. The van der Waals surface area contributed by atoms with Gasteiger partial charge < -0.3 is 0 Å². The third kappa shape index (κ3) is 6.32. The second kappa shape index (κ2) is 9.32. The number of sulfonamides is 3. The summed E-state index contributed by atoms with van der Waals surface area (Å²) in [6.45, 7) is 3.53. The van der Waals surface area contributed by atoms with Crippen LogP contribution in [0, 0.1) is 6.92 Å². The summed E-state index contributed by atoms with van der Waals surface area (Å²) in [5.41, 5.74) is 0.804. The van der Waals surface area contributed by atoms with Crippen LogP contribution in [0.4, 0.5) is 0 Å². The van der Waals surface area contributed by atoms with Crippen LogP contribution in [0.2, 0.25) is 0 Å². The molecule has 0 unspecified atom stereocenters. The smallest absolute Gasteiger partial charge is 0.211 e. The average molecular weight is 462 g/mol. The maximum absolute atomic E-state index is 12.9. The Kier molecular flexibility index (Phi) is 7.54. The molecule has 160 valence electrons. The molecule has 9 nitrogen and oxygen atoms in total. The highest BCUT2D eigenvalue weighted by atomic mass is 32.2. The molecule has 0 bridgehead atoms. The summed E-state index contributed by atoms with van der Waals surface area (Å²) < 4.78 is 75.8. The van der Waals surface area contributed by atoms with Gasteiger partial charge in [-0.3, -0.25) is 0 Å². The van der Waals surface area contributed by atoms with E-state index < -0.39 is 30.1 Å². The molecule has 29 heavy (non-hydrogen) atoms. The van der Waals surface area contributed by atoms with Crippen molar-refractivity contribution in [3.8, 4) is 0 Å². The van der Waals surface area contributed by atoms with Gasteiger partial charge in [-0.05, 0) is 42.1 Å². The normalized spacial score (nSPS) is 12.9. The molecule has 0 saturated heterocycles. The molecule has 0 atom stereocenters. The Morgan fingerprint density at radius 2 is 1.38 bits per heavy atom. The number of unbranched alkanes of at least 4 members (excludes halogenated alkanes) is 1. The third-order valence-corrected chi connectivity index (χ3v) is 8.17. The van der Waals surface area contributed by atoms with Gasteiger partial charge in [-0.25, -0.2) is 25.3 Å². The predicted molar refractivity (Wildman–Crippen MR) is 109 cm³/mol. The molecule has 2 aromatic rings. The first-order valence-electron chi connectivity index (χ1n) is 8.67. The minimum Gasteiger partial charge on any atom is -0.211 e. The van der Waals surface area contributed by atoms with Crippen LogP contribution in [0.3, 0.4) is 0 Å². The van der Waals surface area contributed by atoms with E-state index in [1.54, 1.807) is 19.9 Å². The largest absolute Gasteiger partial charge is 0.271 e. The fraction of sp³-hybridized carbons (Fsp3) is 0.294. The molecule has 0 aliphatic carbocycles. The average Bonchev–Trinajstić information content (AvgIpc) is 2.66.